The van der Waals surface area contributed by atoms with Crippen LogP contribution in [0.3, 0.4) is 0 Å². The Kier molecular flexibility index (Phi) is 7.47. The van der Waals surface area contributed by atoms with Crippen LogP contribution < -0.4 is 4.74 Å². The molecule has 6 rings (SSSR count). The van der Waals surface area contributed by atoms with E-state index in [-0.39, 0.29) is 11.5 Å². The molecule has 2 fully saturated rings. The van der Waals surface area contributed by atoms with Crippen LogP contribution >= 0.6 is 0 Å². The summed E-state index contributed by atoms with van der Waals surface area (Å²) in [7, 11) is 0. The Morgan fingerprint density at radius 1 is 0.718 bits per heavy atom. The number of phenols is 2. The van der Waals surface area contributed by atoms with Crippen LogP contribution in [0.25, 0.3) is 21.9 Å². The maximum atomic E-state index is 10.0. The first-order valence-electron chi connectivity index (χ1n) is 14.6. The number of ether oxygens (including phenoxy) is 1. The molecular weight excluding hydrogens is 482 g/mol. The summed E-state index contributed by atoms with van der Waals surface area (Å²) in [6.45, 7) is 4.16. The Morgan fingerprint density at radius 3 is 2.18 bits per heavy atom. The van der Waals surface area contributed by atoms with Gasteiger partial charge in [0.15, 0.2) is 0 Å². The highest BCUT2D eigenvalue weighted by Crippen LogP contribution is 2.44. The van der Waals surface area contributed by atoms with Crippen LogP contribution in [0.15, 0.2) is 78.9 Å². The summed E-state index contributed by atoms with van der Waals surface area (Å²) in [4.78, 5) is 2.58. The Hall–Kier alpha value is -3.50. The average Bonchev–Trinajstić information content (AvgIpc) is 2.96. The van der Waals surface area contributed by atoms with Crippen molar-refractivity contribution in [2.45, 2.75) is 51.4 Å². The summed E-state index contributed by atoms with van der Waals surface area (Å²) in [6.07, 6.45) is 10.7. The largest absolute Gasteiger partial charge is 0.508 e. The lowest BCUT2D eigenvalue weighted by Gasteiger charge is -2.44. The van der Waals surface area contributed by atoms with E-state index in [4.69, 9.17) is 4.74 Å². The van der Waals surface area contributed by atoms with Gasteiger partial charge in [-0.05, 0) is 120 Å². The minimum atomic E-state index is 0.259. The highest BCUT2D eigenvalue weighted by Gasteiger charge is 2.35. The number of hydrogen-bond donors (Lipinski definition) is 2. The normalized spacial score (nSPS) is 17.4. The third-order valence-corrected chi connectivity index (χ3v) is 9.10. The van der Waals surface area contributed by atoms with Gasteiger partial charge in [-0.2, -0.15) is 0 Å². The Balaban J connectivity index is 1.11. The number of nitrogens with zero attached hydrogens (tertiary/aromatic N) is 1. The van der Waals surface area contributed by atoms with E-state index >= 15 is 0 Å². The van der Waals surface area contributed by atoms with Gasteiger partial charge in [-0.1, -0.05) is 61.7 Å². The minimum absolute atomic E-state index is 0.259. The topological polar surface area (TPSA) is 52.9 Å². The van der Waals surface area contributed by atoms with Crippen LogP contribution in [0, 0.1) is 5.41 Å². The molecule has 0 aromatic heterocycles. The van der Waals surface area contributed by atoms with E-state index in [1.165, 1.54) is 69.2 Å². The molecule has 0 amide bonds. The molecule has 1 aliphatic carbocycles. The number of phenolic OH excluding ortho intramolecular Hbond substituents is 2. The van der Waals surface area contributed by atoms with Crippen LogP contribution in [0.2, 0.25) is 0 Å². The van der Waals surface area contributed by atoms with Crippen LogP contribution in [-0.4, -0.2) is 41.4 Å². The number of aromatic hydroxyl groups is 2. The second kappa shape index (κ2) is 11.3. The summed E-state index contributed by atoms with van der Waals surface area (Å²) in [6, 6.07) is 25.6. The van der Waals surface area contributed by atoms with Crippen molar-refractivity contribution in [3.8, 4) is 28.4 Å². The van der Waals surface area contributed by atoms with Crippen LogP contribution in [0.4, 0.5) is 0 Å². The van der Waals surface area contributed by atoms with Gasteiger partial charge < -0.3 is 14.9 Å². The van der Waals surface area contributed by atoms with Gasteiger partial charge in [-0.25, -0.2) is 0 Å². The van der Waals surface area contributed by atoms with Crippen molar-refractivity contribution >= 4 is 10.8 Å². The summed E-state index contributed by atoms with van der Waals surface area (Å²) >= 11 is 0. The van der Waals surface area contributed by atoms with Gasteiger partial charge in [0.05, 0.1) is 0 Å². The number of hydrogen-bond acceptors (Lipinski definition) is 4. The van der Waals surface area contributed by atoms with E-state index in [9.17, 15) is 10.2 Å². The third kappa shape index (κ3) is 5.91. The highest BCUT2D eigenvalue weighted by molar-refractivity contribution is 5.93. The fourth-order valence-electron chi connectivity index (χ4n) is 6.74. The third-order valence-electron chi connectivity index (χ3n) is 9.10. The molecule has 1 heterocycles. The quantitative estimate of drug-likeness (QED) is 0.259. The predicted molar refractivity (Wildman–Crippen MR) is 159 cm³/mol. The molecule has 4 nitrogen and oxygen atoms in total. The molecule has 1 spiro atoms. The predicted octanol–water partition coefficient (Wildman–Crippen LogP) is 7.93. The number of rotatable bonds is 7. The minimum Gasteiger partial charge on any atom is -0.508 e. The van der Waals surface area contributed by atoms with Crippen molar-refractivity contribution in [2.24, 2.45) is 5.41 Å². The molecule has 1 aliphatic heterocycles. The van der Waals surface area contributed by atoms with E-state index in [0.717, 1.165) is 47.2 Å². The Labute approximate surface area is 231 Å². The monoisotopic (exact) mass is 521 g/mol. The van der Waals surface area contributed by atoms with Crippen LogP contribution in [0.5, 0.6) is 17.2 Å². The lowest BCUT2D eigenvalue weighted by Crippen LogP contribution is -2.42. The summed E-state index contributed by atoms with van der Waals surface area (Å²) in [5, 5.41) is 21.9. The summed E-state index contributed by atoms with van der Waals surface area (Å²) in [5.74, 6) is 1.45. The lowest BCUT2D eigenvalue weighted by molar-refractivity contribution is 0.0608. The SMILES string of the molecule is Oc1ccc(-c2ccc3cc(O)ccc3c2Cc2ccc(OCCN3CCC4(CCCCC4)CC3)cc2)cc1. The molecule has 1 saturated heterocycles. The second-order valence-corrected chi connectivity index (χ2v) is 11.6. The van der Waals surface area contributed by atoms with Crippen molar-refractivity contribution in [2.75, 3.05) is 26.2 Å². The van der Waals surface area contributed by atoms with E-state index in [2.05, 4.69) is 41.3 Å². The fourth-order valence-corrected chi connectivity index (χ4v) is 6.74. The molecule has 0 atom stereocenters. The van der Waals surface area contributed by atoms with Gasteiger partial charge >= 0.3 is 0 Å². The van der Waals surface area contributed by atoms with Crippen molar-refractivity contribution in [1.82, 2.24) is 4.90 Å². The standard InChI is InChI=1S/C35H39NO3/c37-29-9-6-27(7-10-29)32-14-8-28-25-30(38)11-15-33(28)34(32)24-26-4-12-31(13-5-26)39-23-22-36-20-18-35(19-21-36)16-2-1-3-17-35/h4-15,25,37-38H,1-3,16-24H2. The zero-order valence-corrected chi connectivity index (χ0v) is 22.7. The smallest absolute Gasteiger partial charge is 0.119 e. The molecule has 4 aromatic rings. The van der Waals surface area contributed by atoms with Gasteiger partial charge in [0, 0.05) is 6.54 Å². The van der Waals surface area contributed by atoms with Crippen molar-refractivity contribution in [3.63, 3.8) is 0 Å². The molecule has 2 aliphatic rings. The Morgan fingerprint density at radius 2 is 1.44 bits per heavy atom. The molecule has 2 N–H and O–H groups in total. The van der Waals surface area contributed by atoms with Crippen molar-refractivity contribution in [3.05, 3.63) is 90.0 Å². The zero-order valence-electron chi connectivity index (χ0n) is 22.7. The first kappa shape index (κ1) is 25.8. The molecule has 202 valence electrons. The molecule has 39 heavy (non-hydrogen) atoms. The first-order chi connectivity index (χ1) is 19.1. The van der Waals surface area contributed by atoms with Gasteiger partial charge in [0.1, 0.15) is 23.9 Å². The molecule has 0 unspecified atom stereocenters. The van der Waals surface area contributed by atoms with Crippen molar-refractivity contribution in [1.29, 1.82) is 0 Å². The zero-order chi connectivity index (χ0) is 26.7. The molecule has 0 bridgehead atoms. The number of likely N-dealkylation sites (tertiary alicyclic amines) is 1. The van der Waals surface area contributed by atoms with Crippen LogP contribution in [-0.2, 0) is 6.42 Å². The van der Waals surface area contributed by atoms with E-state index in [0.29, 0.717) is 5.41 Å². The maximum Gasteiger partial charge on any atom is 0.119 e. The second-order valence-electron chi connectivity index (χ2n) is 11.6. The first-order valence-corrected chi connectivity index (χ1v) is 14.6. The fraction of sp³-hybridized carbons (Fsp3) is 0.371. The average molecular weight is 522 g/mol. The van der Waals surface area contributed by atoms with E-state index in [1.807, 2.05) is 24.3 Å². The van der Waals surface area contributed by atoms with Crippen molar-refractivity contribution < 1.29 is 14.9 Å². The number of piperidine rings is 1. The lowest BCUT2D eigenvalue weighted by atomic mass is 9.68. The number of fused-ring (bicyclic) bond motifs is 1. The summed E-state index contributed by atoms with van der Waals surface area (Å²) in [5.41, 5.74) is 5.25. The molecule has 4 aromatic carbocycles. The molecular formula is C35H39NO3. The maximum absolute atomic E-state index is 10.0. The Bertz CT molecular complexity index is 1390. The van der Waals surface area contributed by atoms with Gasteiger partial charge in [0.25, 0.3) is 0 Å². The molecule has 4 heteroatoms. The van der Waals surface area contributed by atoms with Gasteiger partial charge in [-0.3, -0.25) is 4.90 Å². The van der Waals surface area contributed by atoms with E-state index in [1.54, 1.807) is 18.2 Å². The van der Waals surface area contributed by atoms with E-state index < -0.39 is 0 Å². The highest BCUT2D eigenvalue weighted by atomic mass is 16.5. The molecule has 1 saturated carbocycles. The number of benzene rings is 4. The van der Waals surface area contributed by atoms with Crippen LogP contribution in [0.1, 0.15) is 56.1 Å². The van der Waals surface area contributed by atoms with Gasteiger partial charge in [-0.15, -0.1) is 0 Å². The summed E-state index contributed by atoms with van der Waals surface area (Å²) < 4.78 is 6.15. The van der Waals surface area contributed by atoms with Gasteiger partial charge in [0.2, 0.25) is 0 Å². The molecule has 0 radical (unpaired) electrons.